The lowest BCUT2D eigenvalue weighted by molar-refractivity contribution is 1.32. The Morgan fingerprint density at radius 2 is 1.95 bits per heavy atom. The highest BCUT2D eigenvalue weighted by Crippen LogP contribution is 2.32. The molecule has 4 rings (SSSR count). The topological polar surface area (TPSA) is 41.6 Å². The summed E-state index contributed by atoms with van der Waals surface area (Å²) in [4.78, 5) is 12.3. The van der Waals surface area contributed by atoms with Gasteiger partial charge in [-0.15, -0.1) is 11.3 Å². The third-order valence-electron chi connectivity index (χ3n) is 3.53. The van der Waals surface area contributed by atoms with E-state index in [-0.39, 0.29) is 0 Å². The van der Waals surface area contributed by atoms with Gasteiger partial charge in [-0.25, -0.2) is 9.97 Å². The average Bonchev–Trinajstić information content (AvgIpc) is 3.14. The van der Waals surface area contributed by atoms with Gasteiger partial charge >= 0.3 is 0 Å². The molecule has 102 valence electrons. The average molecular weight is 291 g/mol. The van der Waals surface area contributed by atoms with Crippen LogP contribution in [0.1, 0.15) is 5.56 Å². The monoisotopic (exact) mass is 291 g/mol. The minimum Gasteiger partial charge on any atom is -0.345 e. The number of hydrogen-bond donors (Lipinski definition) is 1. The number of aryl methyl sites for hydroxylation is 1. The molecule has 3 aromatic heterocycles. The summed E-state index contributed by atoms with van der Waals surface area (Å²) in [7, 11) is 0. The predicted octanol–water partition coefficient (Wildman–Crippen LogP) is 4.66. The molecule has 1 N–H and O–H groups in total. The van der Waals surface area contributed by atoms with Crippen LogP contribution in [0.4, 0.5) is 0 Å². The van der Waals surface area contributed by atoms with Crippen LogP contribution in [0.2, 0.25) is 0 Å². The minimum atomic E-state index is 0.900. The Bertz CT molecular complexity index is 903. The van der Waals surface area contributed by atoms with E-state index >= 15 is 0 Å². The van der Waals surface area contributed by atoms with Crippen molar-refractivity contribution >= 4 is 22.4 Å². The van der Waals surface area contributed by atoms with Crippen molar-refractivity contribution < 1.29 is 0 Å². The van der Waals surface area contributed by atoms with E-state index in [1.165, 1.54) is 5.56 Å². The summed E-state index contributed by atoms with van der Waals surface area (Å²) in [5, 5.41) is 4.26. The van der Waals surface area contributed by atoms with E-state index in [1.54, 1.807) is 17.5 Å². The number of nitrogens with zero attached hydrogens (tertiary/aromatic N) is 2. The normalized spacial score (nSPS) is 11.1. The van der Waals surface area contributed by atoms with E-state index in [9.17, 15) is 0 Å². The van der Waals surface area contributed by atoms with Crippen LogP contribution >= 0.6 is 11.3 Å². The Morgan fingerprint density at radius 3 is 2.81 bits per heavy atom. The number of aromatic amines is 1. The Labute approximate surface area is 126 Å². The van der Waals surface area contributed by atoms with Gasteiger partial charge in [0, 0.05) is 34.3 Å². The van der Waals surface area contributed by atoms with E-state index in [0.717, 1.165) is 32.9 Å². The zero-order chi connectivity index (χ0) is 14.2. The van der Waals surface area contributed by atoms with Crippen LogP contribution in [0.3, 0.4) is 0 Å². The van der Waals surface area contributed by atoms with Crippen LogP contribution in [-0.4, -0.2) is 15.0 Å². The van der Waals surface area contributed by atoms with Crippen LogP contribution in [0.25, 0.3) is 32.9 Å². The molecule has 0 aliphatic heterocycles. The standard InChI is InChI=1S/C17H13N3S/c1-11-4-6-12(7-5-11)17-20-15(10-21-17)14-9-19-16-13(14)3-2-8-18-16/h2-10H,1H3,(H,18,19). The first-order chi connectivity index (χ1) is 10.3. The molecule has 4 aromatic rings. The van der Waals surface area contributed by atoms with Gasteiger partial charge in [0.1, 0.15) is 10.7 Å². The van der Waals surface area contributed by atoms with Gasteiger partial charge in [-0.1, -0.05) is 29.8 Å². The van der Waals surface area contributed by atoms with E-state index in [4.69, 9.17) is 4.98 Å². The molecule has 3 heterocycles. The molecule has 0 unspecified atom stereocenters. The number of thiazole rings is 1. The van der Waals surface area contributed by atoms with Crippen molar-refractivity contribution in [3.05, 3.63) is 59.7 Å². The molecule has 0 bridgehead atoms. The molecule has 0 saturated carbocycles. The van der Waals surface area contributed by atoms with Crippen molar-refractivity contribution in [2.45, 2.75) is 6.92 Å². The van der Waals surface area contributed by atoms with Crippen molar-refractivity contribution in [2.24, 2.45) is 0 Å². The van der Waals surface area contributed by atoms with Gasteiger partial charge < -0.3 is 4.98 Å². The van der Waals surface area contributed by atoms with Crippen molar-refractivity contribution in [3.63, 3.8) is 0 Å². The number of nitrogens with one attached hydrogen (secondary N) is 1. The number of rotatable bonds is 2. The van der Waals surface area contributed by atoms with Crippen LogP contribution < -0.4 is 0 Å². The Hall–Kier alpha value is -2.46. The number of benzene rings is 1. The summed E-state index contributed by atoms with van der Waals surface area (Å²) in [6.07, 6.45) is 3.77. The molecular formula is C17H13N3S. The van der Waals surface area contributed by atoms with Crippen molar-refractivity contribution in [1.82, 2.24) is 15.0 Å². The fourth-order valence-electron chi connectivity index (χ4n) is 2.39. The molecule has 3 nitrogen and oxygen atoms in total. The van der Waals surface area contributed by atoms with Gasteiger partial charge in [-0.2, -0.15) is 0 Å². The molecule has 0 spiro atoms. The van der Waals surface area contributed by atoms with Crippen molar-refractivity contribution in [1.29, 1.82) is 0 Å². The Balaban J connectivity index is 1.79. The van der Waals surface area contributed by atoms with E-state index in [1.807, 2.05) is 12.3 Å². The van der Waals surface area contributed by atoms with E-state index in [2.05, 4.69) is 52.6 Å². The number of pyridine rings is 1. The van der Waals surface area contributed by atoms with Gasteiger partial charge in [-0.3, -0.25) is 0 Å². The molecule has 1 aromatic carbocycles. The summed E-state index contributed by atoms with van der Waals surface area (Å²) >= 11 is 1.67. The first-order valence-corrected chi connectivity index (χ1v) is 7.64. The van der Waals surface area contributed by atoms with Crippen molar-refractivity contribution in [2.75, 3.05) is 0 Å². The SMILES string of the molecule is Cc1ccc(-c2nc(-c3c[nH]c4ncccc34)cs2)cc1. The largest absolute Gasteiger partial charge is 0.345 e. The highest BCUT2D eigenvalue weighted by molar-refractivity contribution is 7.13. The molecule has 0 amide bonds. The van der Waals surface area contributed by atoms with Gasteiger partial charge in [0.25, 0.3) is 0 Å². The lowest BCUT2D eigenvalue weighted by Gasteiger charge is -1.97. The maximum absolute atomic E-state index is 4.77. The zero-order valence-electron chi connectivity index (χ0n) is 11.5. The lowest BCUT2D eigenvalue weighted by atomic mass is 10.1. The first-order valence-electron chi connectivity index (χ1n) is 6.76. The fraction of sp³-hybridized carbons (Fsp3) is 0.0588. The number of hydrogen-bond acceptors (Lipinski definition) is 3. The number of aromatic nitrogens is 3. The van der Waals surface area contributed by atoms with Gasteiger partial charge in [-0.05, 0) is 19.1 Å². The van der Waals surface area contributed by atoms with Gasteiger partial charge in [0.05, 0.1) is 5.69 Å². The third kappa shape index (κ3) is 2.14. The quantitative estimate of drug-likeness (QED) is 0.583. The predicted molar refractivity (Wildman–Crippen MR) is 87.4 cm³/mol. The molecule has 0 atom stereocenters. The Morgan fingerprint density at radius 1 is 1.10 bits per heavy atom. The maximum Gasteiger partial charge on any atom is 0.137 e. The van der Waals surface area contributed by atoms with Gasteiger partial charge in [0.15, 0.2) is 0 Å². The zero-order valence-corrected chi connectivity index (χ0v) is 12.3. The Kier molecular flexibility index (Phi) is 2.82. The molecule has 0 aliphatic rings. The molecule has 4 heteroatoms. The lowest BCUT2D eigenvalue weighted by Crippen LogP contribution is -1.79. The first kappa shape index (κ1) is 12.3. The van der Waals surface area contributed by atoms with Crippen LogP contribution in [0, 0.1) is 6.92 Å². The molecule has 0 aliphatic carbocycles. The summed E-state index contributed by atoms with van der Waals surface area (Å²) in [6.45, 7) is 2.09. The smallest absolute Gasteiger partial charge is 0.137 e. The number of fused-ring (bicyclic) bond motifs is 1. The van der Waals surface area contributed by atoms with Gasteiger partial charge in [0.2, 0.25) is 0 Å². The van der Waals surface area contributed by atoms with Crippen molar-refractivity contribution in [3.8, 4) is 21.8 Å². The second kappa shape index (κ2) is 4.82. The fourth-order valence-corrected chi connectivity index (χ4v) is 3.22. The molecule has 0 fully saturated rings. The summed E-state index contributed by atoms with van der Waals surface area (Å²) in [6, 6.07) is 12.5. The summed E-state index contributed by atoms with van der Waals surface area (Å²) < 4.78 is 0. The molecule has 0 saturated heterocycles. The van der Waals surface area contributed by atoms with E-state index < -0.39 is 0 Å². The highest BCUT2D eigenvalue weighted by atomic mass is 32.1. The molecule has 0 radical (unpaired) electrons. The minimum absolute atomic E-state index is 0.900. The third-order valence-corrected chi connectivity index (χ3v) is 4.42. The van der Waals surface area contributed by atoms with Crippen LogP contribution in [-0.2, 0) is 0 Å². The van der Waals surface area contributed by atoms with E-state index in [0.29, 0.717) is 0 Å². The maximum atomic E-state index is 4.77. The second-order valence-corrected chi connectivity index (χ2v) is 5.86. The summed E-state index contributed by atoms with van der Waals surface area (Å²) in [5.41, 5.74) is 5.42. The summed E-state index contributed by atoms with van der Waals surface area (Å²) in [5.74, 6) is 0. The molecular weight excluding hydrogens is 278 g/mol. The molecule has 21 heavy (non-hydrogen) atoms. The van der Waals surface area contributed by atoms with Crippen LogP contribution in [0.15, 0.2) is 54.2 Å². The second-order valence-electron chi connectivity index (χ2n) is 5.01. The van der Waals surface area contributed by atoms with Crippen LogP contribution in [0.5, 0.6) is 0 Å². The highest BCUT2D eigenvalue weighted by Gasteiger charge is 2.11. The number of H-pyrrole nitrogens is 1.